The van der Waals surface area contributed by atoms with Crippen molar-refractivity contribution in [3.8, 4) is 0 Å². The molecule has 2 fully saturated rings. The van der Waals surface area contributed by atoms with Crippen molar-refractivity contribution in [3.05, 3.63) is 35.6 Å². The first kappa shape index (κ1) is 16.4. The van der Waals surface area contributed by atoms with E-state index in [1.807, 2.05) is 17.0 Å². The molecule has 23 heavy (non-hydrogen) atoms. The van der Waals surface area contributed by atoms with E-state index in [0.29, 0.717) is 19.6 Å². The fourth-order valence-electron chi connectivity index (χ4n) is 3.91. The van der Waals surface area contributed by atoms with E-state index in [1.54, 1.807) is 0 Å². The minimum absolute atomic E-state index is 0.00693. The number of amides is 1. The Morgan fingerprint density at radius 2 is 2.00 bits per heavy atom. The Kier molecular flexibility index (Phi) is 4.97. The van der Waals surface area contributed by atoms with E-state index in [1.165, 1.54) is 12.1 Å². The molecule has 2 aliphatic rings. The molecule has 1 saturated carbocycles. The number of carbonyl (C=O) groups is 1. The summed E-state index contributed by atoms with van der Waals surface area (Å²) in [5.74, 6) is -0.217. The van der Waals surface area contributed by atoms with Crippen molar-refractivity contribution in [1.29, 1.82) is 0 Å². The molecule has 1 aromatic carbocycles. The number of hydrogen-bond donors (Lipinski definition) is 2. The van der Waals surface area contributed by atoms with Crippen molar-refractivity contribution >= 4 is 5.91 Å². The lowest BCUT2D eigenvalue weighted by molar-refractivity contribution is -0.122. The van der Waals surface area contributed by atoms with Gasteiger partial charge in [-0.25, -0.2) is 4.39 Å². The molecule has 2 N–H and O–H groups in total. The fraction of sp³-hybridized carbons (Fsp3) is 0.611. The van der Waals surface area contributed by atoms with Gasteiger partial charge < -0.3 is 10.4 Å². The first-order chi connectivity index (χ1) is 11.1. The van der Waals surface area contributed by atoms with Crippen molar-refractivity contribution in [2.24, 2.45) is 0 Å². The molecular formula is C18H25FN2O2. The third-order valence-electron chi connectivity index (χ3n) is 5.26. The van der Waals surface area contributed by atoms with Gasteiger partial charge in [-0.05, 0) is 37.0 Å². The lowest BCUT2D eigenvalue weighted by Crippen LogP contribution is -2.43. The van der Waals surface area contributed by atoms with E-state index < -0.39 is 0 Å². The first-order valence-electron chi connectivity index (χ1n) is 8.51. The van der Waals surface area contributed by atoms with Crippen LogP contribution in [0.25, 0.3) is 0 Å². The van der Waals surface area contributed by atoms with Gasteiger partial charge in [0.1, 0.15) is 5.82 Å². The predicted molar refractivity (Wildman–Crippen MR) is 86.6 cm³/mol. The van der Waals surface area contributed by atoms with Crippen LogP contribution in [-0.4, -0.2) is 48.2 Å². The lowest BCUT2D eigenvalue weighted by Gasteiger charge is -2.30. The molecule has 1 amide bonds. The number of β-amino-alcohol motifs (C(OH)–C–C–N with tert-alkyl or cyclic N) is 1. The van der Waals surface area contributed by atoms with Crippen LogP contribution in [-0.2, 0) is 10.2 Å². The van der Waals surface area contributed by atoms with Crippen LogP contribution in [0.3, 0.4) is 0 Å². The Balaban J connectivity index is 1.59. The first-order valence-corrected chi connectivity index (χ1v) is 8.51. The highest BCUT2D eigenvalue weighted by atomic mass is 19.1. The van der Waals surface area contributed by atoms with Gasteiger partial charge >= 0.3 is 0 Å². The van der Waals surface area contributed by atoms with Gasteiger partial charge in [-0.3, -0.25) is 9.69 Å². The van der Waals surface area contributed by atoms with Crippen LogP contribution in [0.2, 0.25) is 0 Å². The molecule has 0 unspecified atom stereocenters. The van der Waals surface area contributed by atoms with Crippen LogP contribution in [0.1, 0.15) is 37.7 Å². The third-order valence-corrected chi connectivity index (χ3v) is 5.26. The number of benzene rings is 1. The summed E-state index contributed by atoms with van der Waals surface area (Å²) in [5, 5.41) is 12.6. The van der Waals surface area contributed by atoms with Gasteiger partial charge in [-0.1, -0.05) is 25.0 Å². The van der Waals surface area contributed by atoms with Gasteiger partial charge in [0.15, 0.2) is 0 Å². The molecule has 0 radical (unpaired) electrons. The van der Waals surface area contributed by atoms with E-state index in [4.69, 9.17) is 0 Å². The number of likely N-dealkylation sites (tertiary alicyclic amines) is 1. The van der Waals surface area contributed by atoms with E-state index in [0.717, 1.165) is 44.2 Å². The summed E-state index contributed by atoms with van der Waals surface area (Å²) in [4.78, 5) is 14.2. The third kappa shape index (κ3) is 3.90. The van der Waals surface area contributed by atoms with E-state index in [2.05, 4.69) is 5.32 Å². The van der Waals surface area contributed by atoms with Crippen LogP contribution >= 0.6 is 0 Å². The van der Waals surface area contributed by atoms with Gasteiger partial charge in [-0.15, -0.1) is 0 Å². The zero-order chi connectivity index (χ0) is 16.3. The topological polar surface area (TPSA) is 52.6 Å². The second-order valence-corrected chi connectivity index (χ2v) is 6.95. The maximum Gasteiger partial charge on any atom is 0.234 e. The van der Waals surface area contributed by atoms with Crippen molar-refractivity contribution in [2.45, 2.75) is 43.6 Å². The molecule has 4 nitrogen and oxygen atoms in total. The van der Waals surface area contributed by atoms with Crippen molar-refractivity contribution in [3.63, 3.8) is 0 Å². The van der Waals surface area contributed by atoms with Crippen LogP contribution in [0, 0.1) is 5.82 Å². The number of aliphatic hydroxyl groups excluding tert-OH is 1. The van der Waals surface area contributed by atoms with Crippen LogP contribution in [0.4, 0.5) is 4.39 Å². The largest absolute Gasteiger partial charge is 0.392 e. The Labute approximate surface area is 136 Å². The Morgan fingerprint density at radius 1 is 1.30 bits per heavy atom. The van der Waals surface area contributed by atoms with Crippen LogP contribution in [0.5, 0.6) is 0 Å². The standard InChI is InChI=1S/C18H25FN2O2/c19-15-5-3-14(4-6-15)18(8-1-2-9-18)13-20-17(23)12-21-10-7-16(22)11-21/h3-6,16,22H,1-2,7-13H2,(H,20,23)/t16-/m1/s1. The Hall–Kier alpha value is -1.46. The fourth-order valence-corrected chi connectivity index (χ4v) is 3.91. The van der Waals surface area contributed by atoms with Gasteiger partial charge in [0, 0.05) is 25.0 Å². The summed E-state index contributed by atoms with van der Waals surface area (Å²) in [6.07, 6.45) is 4.79. The molecular weight excluding hydrogens is 295 g/mol. The minimum atomic E-state index is -0.303. The number of rotatable bonds is 5. The highest BCUT2D eigenvalue weighted by Gasteiger charge is 2.36. The van der Waals surface area contributed by atoms with Crippen molar-refractivity contribution in [2.75, 3.05) is 26.2 Å². The molecule has 0 aromatic heterocycles. The monoisotopic (exact) mass is 320 g/mol. The highest BCUT2D eigenvalue weighted by molar-refractivity contribution is 5.78. The van der Waals surface area contributed by atoms with Crippen molar-refractivity contribution < 1.29 is 14.3 Å². The average molecular weight is 320 g/mol. The Bertz CT molecular complexity index is 540. The SMILES string of the molecule is O=C(CN1CC[C@@H](O)C1)NCC1(c2ccc(F)cc2)CCCC1. The summed E-state index contributed by atoms with van der Waals surface area (Å²) >= 11 is 0. The Morgan fingerprint density at radius 3 is 2.61 bits per heavy atom. The van der Waals surface area contributed by atoms with Gasteiger partial charge in [0.25, 0.3) is 0 Å². The minimum Gasteiger partial charge on any atom is -0.392 e. The second-order valence-electron chi connectivity index (χ2n) is 6.95. The molecule has 1 aromatic rings. The zero-order valence-corrected chi connectivity index (χ0v) is 13.4. The molecule has 0 spiro atoms. The van der Waals surface area contributed by atoms with Crippen LogP contribution < -0.4 is 5.32 Å². The molecule has 1 aliphatic carbocycles. The molecule has 5 heteroatoms. The van der Waals surface area contributed by atoms with Crippen molar-refractivity contribution in [1.82, 2.24) is 10.2 Å². The molecule has 1 heterocycles. The number of nitrogens with zero attached hydrogens (tertiary/aromatic N) is 1. The quantitative estimate of drug-likeness (QED) is 0.870. The molecule has 1 saturated heterocycles. The summed E-state index contributed by atoms with van der Waals surface area (Å²) in [6, 6.07) is 6.71. The number of carbonyl (C=O) groups excluding carboxylic acids is 1. The molecule has 1 aliphatic heterocycles. The number of halogens is 1. The van der Waals surface area contributed by atoms with E-state index >= 15 is 0 Å². The highest BCUT2D eigenvalue weighted by Crippen LogP contribution is 2.40. The van der Waals surface area contributed by atoms with Gasteiger partial charge in [-0.2, -0.15) is 0 Å². The number of hydrogen-bond acceptors (Lipinski definition) is 3. The predicted octanol–water partition coefficient (Wildman–Crippen LogP) is 1.82. The molecule has 0 bridgehead atoms. The maximum absolute atomic E-state index is 13.2. The second kappa shape index (κ2) is 6.97. The van der Waals surface area contributed by atoms with Gasteiger partial charge in [0.2, 0.25) is 5.91 Å². The van der Waals surface area contributed by atoms with Gasteiger partial charge in [0.05, 0.1) is 12.6 Å². The molecule has 126 valence electrons. The summed E-state index contributed by atoms with van der Waals surface area (Å²) in [7, 11) is 0. The molecule has 3 rings (SSSR count). The van der Waals surface area contributed by atoms with E-state index in [9.17, 15) is 14.3 Å². The maximum atomic E-state index is 13.2. The lowest BCUT2D eigenvalue weighted by atomic mass is 9.79. The van der Waals surface area contributed by atoms with Crippen LogP contribution in [0.15, 0.2) is 24.3 Å². The van der Waals surface area contributed by atoms with E-state index in [-0.39, 0.29) is 23.2 Å². The summed E-state index contributed by atoms with van der Waals surface area (Å²) in [5.41, 5.74) is 1.06. The zero-order valence-electron chi connectivity index (χ0n) is 13.4. The summed E-state index contributed by atoms with van der Waals surface area (Å²) in [6.45, 7) is 2.30. The number of aliphatic hydroxyl groups is 1. The average Bonchev–Trinajstić information content (AvgIpc) is 3.16. The summed E-state index contributed by atoms with van der Waals surface area (Å²) < 4.78 is 13.2. The normalized spacial score (nSPS) is 24.0. The smallest absolute Gasteiger partial charge is 0.234 e. The molecule has 1 atom stereocenters. The number of nitrogens with one attached hydrogen (secondary N) is 1.